The number of hydrogen-bond acceptors (Lipinski definition) is 6. The van der Waals surface area contributed by atoms with E-state index in [-0.39, 0.29) is 18.2 Å². The van der Waals surface area contributed by atoms with Crippen LogP contribution in [0, 0.1) is 5.82 Å². The molecule has 1 aliphatic carbocycles. The van der Waals surface area contributed by atoms with Crippen molar-refractivity contribution in [2.45, 2.75) is 31.8 Å². The van der Waals surface area contributed by atoms with Crippen LogP contribution in [0.1, 0.15) is 35.6 Å². The van der Waals surface area contributed by atoms with Gasteiger partial charge in [-0.2, -0.15) is 0 Å². The van der Waals surface area contributed by atoms with Crippen molar-refractivity contribution in [3.63, 3.8) is 0 Å². The molecule has 3 heterocycles. The van der Waals surface area contributed by atoms with E-state index >= 15 is 0 Å². The first kappa shape index (κ1) is 21.7. The van der Waals surface area contributed by atoms with Crippen molar-refractivity contribution in [3.8, 4) is 5.75 Å². The zero-order valence-electron chi connectivity index (χ0n) is 18.3. The Labute approximate surface area is 199 Å². The average Bonchev–Trinajstić information content (AvgIpc) is 3.48. The van der Waals surface area contributed by atoms with Crippen LogP contribution in [0.4, 0.5) is 4.39 Å². The largest absolute Gasteiger partial charge is 0.494 e. The molecule has 1 amide bonds. The van der Waals surface area contributed by atoms with Crippen molar-refractivity contribution < 1.29 is 13.9 Å². The number of fused-ring (bicyclic) bond motifs is 1. The maximum atomic E-state index is 14.5. The van der Waals surface area contributed by atoms with Crippen LogP contribution in [0.15, 0.2) is 53.0 Å². The molecule has 0 unspecified atom stereocenters. The molecule has 0 radical (unpaired) electrons. The summed E-state index contributed by atoms with van der Waals surface area (Å²) in [6.07, 6.45) is 8.40. The Kier molecular flexibility index (Phi) is 5.71. The molecule has 0 spiro atoms. The topological polar surface area (TPSA) is 74.1 Å². The lowest BCUT2D eigenvalue weighted by Gasteiger charge is -2.23. The Morgan fingerprint density at radius 2 is 2.12 bits per heavy atom. The van der Waals surface area contributed by atoms with Crippen LogP contribution in [0.2, 0.25) is 0 Å². The quantitative estimate of drug-likeness (QED) is 0.503. The van der Waals surface area contributed by atoms with Gasteiger partial charge in [0.05, 0.1) is 19.3 Å². The van der Waals surface area contributed by atoms with Gasteiger partial charge in [0.25, 0.3) is 5.91 Å². The summed E-state index contributed by atoms with van der Waals surface area (Å²) < 4.78 is 22.2. The summed E-state index contributed by atoms with van der Waals surface area (Å²) >= 11 is 3.33. The highest BCUT2D eigenvalue weighted by molar-refractivity contribution is 9.10. The van der Waals surface area contributed by atoms with E-state index in [0.717, 1.165) is 11.3 Å². The Hall–Kier alpha value is -3.11. The Morgan fingerprint density at radius 1 is 1.30 bits per heavy atom. The van der Waals surface area contributed by atoms with E-state index in [1.165, 1.54) is 31.6 Å². The second kappa shape index (κ2) is 8.68. The fourth-order valence-electron chi connectivity index (χ4n) is 3.89. The number of amides is 1. The standard InChI is InChI=1S/C23H24BrFN6O2/c1-29-28-19(23(32)26-9-17-18(24)6-7-20(33-2)22(17)25)13-31(29)12-16-11-30-10-15(14-3-4-14)5-8-21(30)27-16/h5-8,10-11,13-14,28H,3-4,9,12H2,1-2H3,(H,26,32). The molecule has 2 aliphatic rings. The molecule has 2 aromatic heterocycles. The molecule has 2 N–H and O–H groups in total. The first-order valence-corrected chi connectivity index (χ1v) is 11.5. The number of hydrogen-bond donors (Lipinski definition) is 2. The molecule has 1 saturated carbocycles. The van der Waals surface area contributed by atoms with Gasteiger partial charge in [-0.3, -0.25) is 15.2 Å². The van der Waals surface area contributed by atoms with Crippen molar-refractivity contribution in [1.29, 1.82) is 0 Å². The van der Waals surface area contributed by atoms with Crippen molar-refractivity contribution >= 4 is 27.5 Å². The fraction of sp³-hybridized carbons (Fsp3) is 0.304. The van der Waals surface area contributed by atoms with Crippen LogP contribution >= 0.6 is 15.9 Å². The van der Waals surface area contributed by atoms with E-state index in [1.54, 1.807) is 17.4 Å². The van der Waals surface area contributed by atoms with Gasteiger partial charge < -0.3 is 14.5 Å². The third kappa shape index (κ3) is 4.40. The molecule has 3 aromatic rings. The molecular weight excluding hydrogens is 491 g/mol. The Balaban J connectivity index is 1.26. The minimum atomic E-state index is -0.504. The van der Waals surface area contributed by atoms with E-state index in [0.29, 0.717) is 28.2 Å². The van der Waals surface area contributed by atoms with Crippen LogP contribution in [0.3, 0.4) is 0 Å². The fourth-order valence-corrected chi connectivity index (χ4v) is 4.33. The van der Waals surface area contributed by atoms with Crippen LogP contribution in [-0.2, 0) is 17.9 Å². The SMILES string of the molecule is COc1ccc(Br)c(CNC(=O)C2=CN(Cc3cn4cc(C5CC5)ccc4n3)N(C)N2)c1F. The van der Waals surface area contributed by atoms with E-state index in [9.17, 15) is 9.18 Å². The molecule has 8 nitrogen and oxygen atoms in total. The Morgan fingerprint density at radius 3 is 2.88 bits per heavy atom. The lowest BCUT2D eigenvalue weighted by molar-refractivity contribution is -0.118. The minimum Gasteiger partial charge on any atom is -0.494 e. The number of benzene rings is 1. The van der Waals surface area contributed by atoms with E-state index in [4.69, 9.17) is 9.72 Å². The predicted octanol–water partition coefficient (Wildman–Crippen LogP) is 3.45. The van der Waals surface area contributed by atoms with E-state index < -0.39 is 5.82 Å². The van der Waals surface area contributed by atoms with Crippen molar-refractivity contribution in [3.05, 3.63) is 75.7 Å². The van der Waals surface area contributed by atoms with Crippen LogP contribution in [-0.4, -0.2) is 39.6 Å². The number of nitrogens with one attached hydrogen (secondary N) is 2. The number of rotatable bonds is 7. The normalized spacial score (nSPS) is 16.1. The van der Waals surface area contributed by atoms with Crippen LogP contribution in [0.25, 0.3) is 5.65 Å². The van der Waals surface area contributed by atoms with Gasteiger partial charge in [0.1, 0.15) is 11.3 Å². The summed E-state index contributed by atoms with van der Waals surface area (Å²) in [7, 11) is 3.22. The number of pyridine rings is 1. The third-order valence-electron chi connectivity index (χ3n) is 5.88. The zero-order chi connectivity index (χ0) is 23.1. The highest BCUT2D eigenvalue weighted by atomic mass is 79.9. The maximum absolute atomic E-state index is 14.5. The highest BCUT2D eigenvalue weighted by Crippen LogP contribution is 2.39. The molecule has 1 aromatic carbocycles. The van der Waals surface area contributed by atoms with Crippen LogP contribution in [0.5, 0.6) is 5.75 Å². The molecule has 0 atom stereocenters. The average molecular weight is 515 g/mol. The first-order valence-electron chi connectivity index (χ1n) is 10.7. The van der Waals surface area contributed by atoms with Crippen molar-refractivity contribution in [2.24, 2.45) is 0 Å². The molecule has 1 aliphatic heterocycles. The van der Waals surface area contributed by atoms with Gasteiger partial charge in [0.15, 0.2) is 11.6 Å². The van der Waals surface area contributed by atoms with Gasteiger partial charge >= 0.3 is 0 Å². The number of methoxy groups -OCH3 is 1. The summed E-state index contributed by atoms with van der Waals surface area (Å²) in [5.41, 5.74) is 6.84. The monoisotopic (exact) mass is 514 g/mol. The lowest BCUT2D eigenvalue weighted by Crippen LogP contribution is -2.40. The second-order valence-corrected chi connectivity index (χ2v) is 9.09. The van der Waals surface area contributed by atoms with Gasteiger partial charge in [-0.05, 0) is 42.5 Å². The highest BCUT2D eigenvalue weighted by Gasteiger charge is 2.25. The summed E-state index contributed by atoms with van der Waals surface area (Å²) in [5, 5.41) is 6.34. The summed E-state index contributed by atoms with van der Waals surface area (Å²) in [6.45, 7) is 0.512. The smallest absolute Gasteiger partial charge is 0.270 e. The molecule has 172 valence electrons. The summed E-state index contributed by atoms with van der Waals surface area (Å²) in [4.78, 5) is 17.4. The number of imidazole rings is 1. The molecule has 33 heavy (non-hydrogen) atoms. The van der Waals surface area contributed by atoms with E-state index in [2.05, 4.69) is 43.3 Å². The molecule has 1 fully saturated rings. The third-order valence-corrected chi connectivity index (χ3v) is 6.63. The van der Waals surface area contributed by atoms with Crippen LogP contribution < -0.4 is 15.5 Å². The lowest BCUT2D eigenvalue weighted by atomic mass is 10.2. The number of ether oxygens (including phenoxy) is 1. The second-order valence-electron chi connectivity index (χ2n) is 8.24. The molecular formula is C23H24BrFN6O2. The van der Waals surface area contributed by atoms with Crippen molar-refractivity contribution in [2.75, 3.05) is 14.2 Å². The Bertz CT molecular complexity index is 1260. The number of hydrazine groups is 2. The van der Waals surface area contributed by atoms with E-state index in [1.807, 2.05) is 24.3 Å². The summed E-state index contributed by atoms with van der Waals surface area (Å²) in [6, 6.07) is 7.42. The first-order chi connectivity index (χ1) is 15.9. The zero-order valence-corrected chi connectivity index (χ0v) is 19.9. The van der Waals surface area contributed by atoms with Gasteiger partial charge in [0.2, 0.25) is 0 Å². The molecule has 0 bridgehead atoms. The molecule has 0 saturated heterocycles. The minimum absolute atomic E-state index is 0.0148. The molecule has 5 rings (SSSR count). The van der Waals surface area contributed by atoms with Crippen molar-refractivity contribution in [1.82, 2.24) is 30.3 Å². The summed E-state index contributed by atoms with van der Waals surface area (Å²) in [5.74, 6) is -0.0361. The van der Waals surface area contributed by atoms with Gasteiger partial charge in [0, 0.05) is 42.2 Å². The number of carbonyl (C=O) groups is 1. The number of carbonyl (C=O) groups excluding carboxylic acids is 1. The van der Waals surface area contributed by atoms with Gasteiger partial charge in [-0.1, -0.05) is 22.0 Å². The number of aromatic nitrogens is 2. The predicted molar refractivity (Wildman–Crippen MR) is 124 cm³/mol. The van der Waals surface area contributed by atoms with Gasteiger partial charge in [-0.25, -0.2) is 9.37 Å². The number of halogens is 2. The number of nitrogens with zero attached hydrogens (tertiary/aromatic N) is 4. The maximum Gasteiger partial charge on any atom is 0.270 e. The molecule has 10 heteroatoms. The van der Waals surface area contributed by atoms with Gasteiger partial charge in [-0.15, -0.1) is 5.12 Å².